The van der Waals surface area contributed by atoms with Gasteiger partial charge in [-0.2, -0.15) is 0 Å². The molecule has 0 amide bonds. The van der Waals surface area contributed by atoms with Gasteiger partial charge in [0.1, 0.15) is 0 Å². The summed E-state index contributed by atoms with van der Waals surface area (Å²) in [5.41, 5.74) is 0. The van der Waals surface area contributed by atoms with Gasteiger partial charge in [-0.3, -0.25) is 0 Å². The molecule has 4 heavy (non-hydrogen) atoms. The van der Waals surface area contributed by atoms with Crippen molar-refractivity contribution >= 4 is 64.3 Å². The molecule has 4 heteroatoms. The van der Waals surface area contributed by atoms with Gasteiger partial charge in [-0.1, -0.05) is 0 Å². The van der Waals surface area contributed by atoms with Crippen LogP contribution in [-0.4, -0.2) is 64.3 Å². The first-order valence-electron chi connectivity index (χ1n) is 0. The molecule has 0 aliphatic rings. The van der Waals surface area contributed by atoms with Crippen LogP contribution in [0, 0.1) is 0 Å². The molecular weight excluding hydrogens is 225 g/mol. The topological polar surface area (TPSA) is 0 Å². The molecule has 0 aliphatic carbocycles. The van der Waals surface area contributed by atoms with E-state index in [2.05, 4.69) is 0 Å². The van der Waals surface area contributed by atoms with Crippen LogP contribution in [0.5, 0.6) is 0 Å². The first-order chi connectivity index (χ1) is 0. The molecule has 0 spiro atoms. The van der Waals surface area contributed by atoms with Gasteiger partial charge in [0, 0.05) is 17.1 Å². The zero-order valence-electron chi connectivity index (χ0n) is 3.79. The fourth-order valence-corrected chi connectivity index (χ4v) is 0. The zero-order valence-corrected chi connectivity index (χ0v) is 8.42. The predicted molar refractivity (Wildman–Crippen MR) is 26.5 cm³/mol. The van der Waals surface area contributed by atoms with Gasteiger partial charge in [0.25, 0.3) is 0 Å². The summed E-state index contributed by atoms with van der Waals surface area (Å²) in [5, 5.41) is 0. The van der Waals surface area contributed by atoms with Crippen molar-refractivity contribution in [1.82, 2.24) is 0 Å². The molecule has 0 aromatic heterocycles. The summed E-state index contributed by atoms with van der Waals surface area (Å²) in [4.78, 5) is 0. The van der Waals surface area contributed by atoms with E-state index in [1.807, 2.05) is 0 Å². The molecule has 0 heterocycles. The summed E-state index contributed by atoms with van der Waals surface area (Å²) in [6.45, 7) is 0. The summed E-state index contributed by atoms with van der Waals surface area (Å²) in [7, 11) is 0. The van der Waals surface area contributed by atoms with Gasteiger partial charge in [0.2, 0.25) is 0 Å². The molecule has 0 saturated heterocycles. The molecule has 0 fully saturated rings. The van der Waals surface area contributed by atoms with Crippen LogP contribution < -0.4 is 0 Å². The molecule has 0 unspecified atom stereocenters. The Hall–Kier alpha value is 2.62. The Labute approximate surface area is 83.2 Å². The van der Waals surface area contributed by atoms with E-state index in [1.54, 1.807) is 0 Å². The molecule has 0 N–H and O–H groups in total. The Morgan fingerprint density at radius 3 is 1.25 bits per heavy atom. The first kappa shape index (κ1) is 30.5. The predicted octanol–water partition coefficient (Wildman–Crippen LogP) is -2.26. The quantitative estimate of drug-likeness (QED) is 0.413. The van der Waals surface area contributed by atoms with Crippen LogP contribution in [0.1, 0.15) is 2.85 Å². The standard InChI is InChI=1S/Al.Mg.Mn.Sn.7H/q;+2;;;;;;;;2*-1. The van der Waals surface area contributed by atoms with E-state index in [1.165, 1.54) is 0 Å². The van der Waals surface area contributed by atoms with E-state index in [0.717, 1.165) is 0 Å². The van der Waals surface area contributed by atoms with E-state index in [0.29, 0.717) is 0 Å². The summed E-state index contributed by atoms with van der Waals surface area (Å²) in [5.74, 6) is 0. The molecule has 3 radical (unpaired) electrons. The van der Waals surface area contributed by atoms with Crippen molar-refractivity contribution in [2.45, 2.75) is 0 Å². The average molecular weight is 232 g/mol. The van der Waals surface area contributed by atoms with Crippen molar-refractivity contribution in [2.75, 3.05) is 0 Å². The summed E-state index contributed by atoms with van der Waals surface area (Å²) in [6, 6.07) is 0. The molecular formula is H7AlMgMnSn. The first-order valence-corrected chi connectivity index (χ1v) is 0. The summed E-state index contributed by atoms with van der Waals surface area (Å²) < 4.78 is 0. The van der Waals surface area contributed by atoms with Gasteiger partial charge in [-0.05, 0) is 0 Å². The Balaban J connectivity index is 0. The van der Waals surface area contributed by atoms with E-state index in [-0.39, 0.29) is 84.2 Å². The molecule has 0 rings (SSSR count). The second-order valence-electron chi connectivity index (χ2n) is 0. The van der Waals surface area contributed by atoms with E-state index in [9.17, 15) is 0 Å². The number of hydrogen-bond donors (Lipinski definition) is 0. The van der Waals surface area contributed by atoms with Gasteiger partial charge in [0.15, 0.2) is 17.4 Å². The van der Waals surface area contributed by atoms with Crippen LogP contribution in [0.4, 0.5) is 0 Å². The van der Waals surface area contributed by atoms with Crippen LogP contribution in [0.3, 0.4) is 0 Å². The van der Waals surface area contributed by atoms with Gasteiger partial charge in [-0.15, -0.1) is 0 Å². The fourth-order valence-electron chi connectivity index (χ4n) is 0. The molecule has 0 aromatic rings. The van der Waals surface area contributed by atoms with Crippen LogP contribution in [0.25, 0.3) is 0 Å². The van der Waals surface area contributed by atoms with Gasteiger partial charge in [0.05, 0.1) is 0 Å². The Morgan fingerprint density at radius 1 is 1.25 bits per heavy atom. The van der Waals surface area contributed by atoms with Crippen molar-refractivity contribution in [3.63, 3.8) is 0 Å². The second-order valence-corrected chi connectivity index (χ2v) is 0. The normalized spacial score (nSPS) is 0. The molecule has 0 saturated carbocycles. The van der Waals surface area contributed by atoms with Crippen molar-refractivity contribution < 1.29 is 19.9 Å². The molecule has 0 aliphatic heterocycles. The SMILES string of the molecule is [AlH3].[H-].[H-].[Mg+2].[Mn].[SnH2]. The third-order valence-corrected chi connectivity index (χ3v) is 0. The molecule has 0 nitrogen and oxygen atoms in total. The summed E-state index contributed by atoms with van der Waals surface area (Å²) in [6.07, 6.45) is 0. The van der Waals surface area contributed by atoms with Crippen molar-refractivity contribution in [3.05, 3.63) is 0 Å². The minimum atomic E-state index is 0. The molecule has 0 bridgehead atoms. The van der Waals surface area contributed by atoms with Crippen LogP contribution >= 0.6 is 0 Å². The van der Waals surface area contributed by atoms with Crippen LogP contribution in [0.15, 0.2) is 0 Å². The monoisotopic (exact) mass is 233 g/mol. The van der Waals surface area contributed by atoms with Crippen LogP contribution in [-0.2, 0) is 17.1 Å². The zero-order chi connectivity index (χ0) is 0. The molecule has 0 atom stereocenters. The second kappa shape index (κ2) is 17.5. The van der Waals surface area contributed by atoms with E-state index in [4.69, 9.17) is 0 Å². The minimum absolute atomic E-state index is 0. The number of hydrogen-bond acceptors (Lipinski definition) is 0. The number of rotatable bonds is 0. The summed E-state index contributed by atoms with van der Waals surface area (Å²) >= 11 is 0. The van der Waals surface area contributed by atoms with Gasteiger partial charge < -0.3 is 2.85 Å². The van der Waals surface area contributed by atoms with Crippen LogP contribution in [0.2, 0.25) is 0 Å². The molecule has 0 aromatic carbocycles. The Kier molecular flexibility index (Phi) is 133. The molecule has 23 valence electrons. The van der Waals surface area contributed by atoms with Crippen molar-refractivity contribution in [2.24, 2.45) is 0 Å². The average Bonchev–Trinajstić information content (AvgIpc) is 0. The van der Waals surface area contributed by atoms with Crippen molar-refractivity contribution in [1.29, 1.82) is 0 Å². The van der Waals surface area contributed by atoms with Gasteiger partial charge >= 0.3 is 47.0 Å². The van der Waals surface area contributed by atoms with Gasteiger partial charge in [-0.25, -0.2) is 0 Å². The van der Waals surface area contributed by atoms with Crippen molar-refractivity contribution in [3.8, 4) is 0 Å². The third kappa shape index (κ3) is 8.82. The Bertz CT molecular complexity index is 13.5. The maximum absolute atomic E-state index is 0. The Morgan fingerprint density at radius 2 is 1.25 bits per heavy atom. The fraction of sp³-hybridized carbons (Fsp3) is 0. The van der Waals surface area contributed by atoms with E-state index < -0.39 is 0 Å². The van der Waals surface area contributed by atoms with E-state index >= 15 is 0 Å². The maximum atomic E-state index is 0. The third-order valence-electron chi connectivity index (χ3n) is 0.